The highest BCUT2D eigenvalue weighted by Gasteiger charge is 2.25. The van der Waals surface area contributed by atoms with Gasteiger partial charge < -0.3 is 19.3 Å². The molecule has 6 rings (SSSR count). The van der Waals surface area contributed by atoms with E-state index < -0.39 is 23.7 Å². The monoisotopic (exact) mass is 645 g/mol. The van der Waals surface area contributed by atoms with Gasteiger partial charge in [0.2, 0.25) is 0 Å². The predicted octanol–water partition coefficient (Wildman–Crippen LogP) is 8.48. The molecule has 4 aromatic carbocycles. The summed E-state index contributed by atoms with van der Waals surface area (Å²) in [6, 6.07) is 22.4. The molecule has 1 fully saturated rings. The fraction of sp³-hybridized carbons (Fsp3) is 0.250. The number of aromatic nitrogens is 2. The number of carboxylic acids is 1. The number of nitrogens with zero attached hydrogens (tertiary/aromatic N) is 3. The Bertz CT molecular complexity index is 1880. The van der Waals surface area contributed by atoms with Crippen LogP contribution < -0.4 is 4.74 Å². The molecule has 1 heterocycles. The minimum Gasteiger partial charge on any atom is -0.481 e. The topological polar surface area (TPSA) is 84.7 Å². The Morgan fingerprint density at radius 1 is 0.891 bits per heavy atom. The highest BCUT2D eigenvalue weighted by atomic mass is 35.5. The second-order valence-electron chi connectivity index (χ2n) is 11.6. The van der Waals surface area contributed by atoms with Crippen LogP contribution in [0.1, 0.15) is 76.1 Å². The summed E-state index contributed by atoms with van der Waals surface area (Å²) in [5.41, 5.74) is 3.40. The molecule has 1 aliphatic carbocycles. The zero-order valence-corrected chi connectivity index (χ0v) is 26.3. The van der Waals surface area contributed by atoms with Gasteiger partial charge in [0.15, 0.2) is 0 Å². The SMILES string of the molecule is CN(C)C(=O)c1cccc(C(Oc2ccc(-c3nc4cc(C(=O)O)ccc4n3C3CCCCC3)c(F)c2)c2ccc(F)cc2)c1.Cl. The molecule has 7 nitrogen and oxygen atoms in total. The van der Waals surface area contributed by atoms with Gasteiger partial charge in [-0.1, -0.05) is 43.5 Å². The zero-order valence-electron chi connectivity index (χ0n) is 25.5. The lowest BCUT2D eigenvalue weighted by atomic mass is 9.94. The average molecular weight is 646 g/mol. The van der Waals surface area contributed by atoms with Crippen LogP contribution in [-0.4, -0.2) is 45.5 Å². The number of hydrogen-bond donors (Lipinski definition) is 1. The quantitative estimate of drug-likeness (QED) is 0.183. The molecule has 10 heteroatoms. The second-order valence-corrected chi connectivity index (χ2v) is 11.6. The molecule has 238 valence electrons. The van der Waals surface area contributed by atoms with Crippen LogP contribution in [0.2, 0.25) is 0 Å². The molecule has 0 saturated heterocycles. The molecule has 0 spiro atoms. The van der Waals surface area contributed by atoms with Crippen molar-refractivity contribution < 1.29 is 28.2 Å². The van der Waals surface area contributed by atoms with E-state index in [1.807, 2.05) is 10.6 Å². The van der Waals surface area contributed by atoms with E-state index in [-0.39, 0.29) is 41.2 Å². The maximum absolute atomic E-state index is 16.1. The van der Waals surface area contributed by atoms with Crippen molar-refractivity contribution in [3.63, 3.8) is 0 Å². The normalized spacial score (nSPS) is 14.0. The van der Waals surface area contributed by atoms with Gasteiger partial charge in [0.25, 0.3) is 5.91 Å². The summed E-state index contributed by atoms with van der Waals surface area (Å²) in [7, 11) is 3.34. The van der Waals surface area contributed by atoms with Gasteiger partial charge in [0.05, 0.1) is 22.2 Å². The number of aromatic carboxylic acids is 1. The summed E-state index contributed by atoms with van der Waals surface area (Å²) in [6.07, 6.45) is 4.35. The molecule has 0 bridgehead atoms. The van der Waals surface area contributed by atoms with Crippen LogP contribution in [0.25, 0.3) is 22.4 Å². The van der Waals surface area contributed by atoms with Gasteiger partial charge in [-0.2, -0.15) is 0 Å². The van der Waals surface area contributed by atoms with E-state index in [2.05, 4.69) is 0 Å². The van der Waals surface area contributed by atoms with Gasteiger partial charge in [-0.3, -0.25) is 4.79 Å². The third-order valence-electron chi connectivity index (χ3n) is 8.33. The molecular weight excluding hydrogens is 612 g/mol. The predicted molar refractivity (Wildman–Crippen MR) is 175 cm³/mol. The first-order chi connectivity index (χ1) is 21.7. The average Bonchev–Trinajstić information content (AvgIpc) is 3.42. The molecule has 1 saturated carbocycles. The van der Waals surface area contributed by atoms with Crippen LogP contribution in [0, 0.1) is 11.6 Å². The Balaban J connectivity index is 0.00000417. The molecule has 1 atom stereocenters. The molecule has 1 aromatic heterocycles. The van der Waals surface area contributed by atoms with Gasteiger partial charge in [0.1, 0.15) is 29.3 Å². The molecule has 1 aliphatic rings. The van der Waals surface area contributed by atoms with Crippen molar-refractivity contribution in [1.29, 1.82) is 0 Å². The van der Waals surface area contributed by atoms with Crippen LogP contribution in [-0.2, 0) is 0 Å². The Labute approximate surface area is 271 Å². The number of carbonyl (C=O) groups excluding carboxylic acids is 1. The number of rotatable bonds is 8. The number of benzene rings is 4. The number of carbonyl (C=O) groups is 2. The van der Waals surface area contributed by atoms with Crippen LogP contribution >= 0.6 is 12.4 Å². The van der Waals surface area contributed by atoms with Crippen molar-refractivity contribution in [3.05, 3.63) is 119 Å². The lowest BCUT2D eigenvalue weighted by molar-refractivity contribution is 0.0696. The maximum atomic E-state index is 16.1. The van der Waals surface area contributed by atoms with E-state index in [1.165, 1.54) is 29.2 Å². The summed E-state index contributed by atoms with van der Waals surface area (Å²) < 4.78 is 38.3. The van der Waals surface area contributed by atoms with Crippen molar-refractivity contribution in [1.82, 2.24) is 14.5 Å². The van der Waals surface area contributed by atoms with Gasteiger partial charge in [-0.25, -0.2) is 18.6 Å². The van der Waals surface area contributed by atoms with E-state index in [9.17, 15) is 19.1 Å². The molecule has 46 heavy (non-hydrogen) atoms. The van der Waals surface area contributed by atoms with E-state index >= 15 is 4.39 Å². The minimum atomic E-state index is -1.05. The van der Waals surface area contributed by atoms with E-state index in [0.29, 0.717) is 28.0 Å². The second kappa shape index (κ2) is 13.7. The Kier molecular flexibility index (Phi) is 9.72. The van der Waals surface area contributed by atoms with Crippen molar-refractivity contribution in [2.45, 2.75) is 44.2 Å². The van der Waals surface area contributed by atoms with Crippen molar-refractivity contribution in [2.75, 3.05) is 14.1 Å². The number of fused-ring (bicyclic) bond motifs is 1. The van der Waals surface area contributed by atoms with Crippen LogP contribution in [0.3, 0.4) is 0 Å². The van der Waals surface area contributed by atoms with Crippen LogP contribution in [0.4, 0.5) is 8.78 Å². The molecule has 0 radical (unpaired) electrons. The first-order valence-electron chi connectivity index (χ1n) is 15.0. The van der Waals surface area contributed by atoms with Crippen molar-refractivity contribution >= 4 is 35.3 Å². The Morgan fingerprint density at radius 2 is 1.63 bits per heavy atom. The number of halogens is 3. The van der Waals surface area contributed by atoms with Crippen molar-refractivity contribution in [3.8, 4) is 17.1 Å². The van der Waals surface area contributed by atoms with Crippen molar-refractivity contribution in [2.24, 2.45) is 0 Å². The summed E-state index contributed by atoms with van der Waals surface area (Å²) >= 11 is 0. The van der Waals surface area contributed by atoms with Crippen LogP contribution in [0.5, 0.6) is 5.75 Å². The number of imidazole rings is 1. The maximum Gasteiger partial charge on any atom is 0.335 e. The van der Waals surface area contributed by atoms with Gasteiger partial charge in [-0.05, 0) is 78.6 Å². The summed E-state index contributed by atoms with van der Waals surface area (Å²) in [5.74, 6) is -1.50. The largest absolute Gasteiger partial charge is 0.481 e. The van der Waals surface area contributed by atoms with Gasteiger partial charge >= 0.3 is 5.97 Å². The zero-order chi connectivity index (χ0) is 31.7. The smallest absolute Gasteiger partial charge is 0.335 e. The van der Waals surface area contributed by atoms with Crippen LogP contribution in [0.15, 0.2) is 84.9 Å². The molecule has 1 unspecified atom stereocenters. The minimum absolute atomic E-state index is 0. The highest BCUT2D eigenvalue weighted by Crippen LogP contribution is 2.38. The molecule has 1 amide bonds. The van der Waals surface area contributed by atoms with Gasteiger partial charge in [-0.15, -0.1) is 12.4 Å². The summed E-state index contributed by atoms with van der Waals surface area (Å²) in [4.78, 5) is 30.5. The van der Waals surface area contributed by atoms with E-state index in [4.69, 9.17) is 9.72 Å². The Hall–Kier alpha value is -4.76. The van der Waals surface area contributed by atoms with Gasteiger partial charge in [0, 0.05) is 31.8 Å². The lowest BCUT2D eigenvalue weighted by Crippen LogP contribution is -2.22. The summed E-state index contributed by atoms with van der Waals surface area (Å²) in [5, 5.41) is 9.53. The first-order valence-corrected chi connectivity index (χ1v) is 15.0. The van der Waals surface area contributed by atoms with E-state index in [1.54, 1.807) is 68.7 Å². The number of carboxylic acid groups (broad SMARTS) is 1. The molecule has 5 aromatic rings. The first kappa shape index (κ1) is 32.6. The molecular formula is C36H34ClF2N3O4. The summed E-state index contributed by atoms with van der Waals surface area (Å²) in [6.45, 7) is 0. The standard InChI is InChI=1S/C36H33F2N3O4.ClH/c1-40(2)35(42)24-8-6-7-23(19-24)33(22-11-14-26(37)15-12-22)45-28-16-17-29(30(38)21-28)34-39-31-20-25(36(43)44)13-18-32(31)41(34)27-9-4-3-5-10-27;/h6-8,11-21,27,33H,3-5,9-10H2,1-2H3,(H,43,44);1H. The molecule has 0 aliphatic heterocycles. The number of amides is 1. The third-order valence-corrected chi connectivity index (χ3v) is 8.33. The fourth-order valence-corrected chi connectivity index (χ4v) is 6.08. The fourth-order valence-electron chi connectivity index (χ4n) is 6.08. The molecule has 1 N–H and O–H groups in total. The third kappa shape index (κ3) is 6.60. The number of hydrogen-bond acceptors (Lipinski definition) is 4. The lowest BCUT2D eigenvalue weighted by Gasteiger charge is -2.26. The number of ether oxygens (including phenoxy) is 1. The van der Waals surface area contributed by atoms with E-state index in [0.717, 1.165) is 37.6 Å². The highest BCUT2D eigenvalue weighted by molar-refractivity contribution is 5.94. The Morgan fingerprint density at radius 3 is 2.30 bits per heavy atom.